The van der Waals surface area contributed by atoms with Crippen molar-refractivity contribution in [3.8, 4) is 0 Å². The molecular formula is C16H29N3O9. The van der Waals surface area contributed by atoms with Crippen LogP contribution in [0.3, 0.4) is 0 Å². The molecule has 10 atom stereocenters. The molecule has 4 unspecified atom stereocenters. The van der Waals surface area contributed by atoms with Gasteiger partial charge in [-0.2, -0.15) is 0 Å². The lowest BCUT2D eigenvalue weighted by molar-refractivity contribution is -0.341. The molecule has 12 heteroatoms. The molecule has 28 heavy (non-hydrogen) atoms. The summed E-state index contributed by atoms with van der Waals surface area (Å²) in [7, 11) is 4.27. The number of methoxy groups -OCH3 is 3. The van der Waals surface area contributed by atoms with Crippen LogP contribution in [0.25, 0.3) is 10.4 Å². The molecule has 0 aromatic rings. The minimum atomic E-state index is -1.36. The minimum Gasteiger partial charge on any atom is -0.388 e. The summed E-state index contributed by atoms with van der Waals surface area (Å²) in [5.74, 6) is 0. The summed E-state index contributed by atoms with van der Waals surface area (Å²) in [5, 5.41) is 34.7. The van der Waals surface area contributed by atoms with Crippen molar-refractivity contribution < 1.29 is 43.7 Å². The third-order valence-corrected chi connectivity index (χ3v) is 5.03. The Morgan fingerprint density at radius 2 is 1.61 bits per heavy atom. The highest BCUT2D eigenvalue weighted by Crippen LogP contribution is 2.31. The number of nitrogens with zero attached hydrogens (tertiary/aromatic N) is 3. The molecule has 2 rings (SSSR count). The van der Waals surface area contributed by atoms with E-state index in [0.29, 0.717) is 0 Å². The lowest BCUT2D eigenvalue weighted by Crippen LogP contribution is -2.64. The molecule has 0 saturated carbocycles. The molecule has 2 saturated heterocycles. The molecule has 2 aliphatic heterocycles. The second kappa shape index (κ2) is 10.6. The Morgan fingerprint density at radius 1 is 0.929 bits per heavy atom. The standard InChI is InChI=1S/C16H29N3O9/c1-7-13(24-3)12(22)14(9(26-7)6-23-2)28-16-15(25-4)11(21)10(20)8(27-16)5-18-19-17/h7-16,20-22H,5-6H2,1-4H3/t7-,8?,9?,10-,11-,12+,13?,14-,15?,16-/m0/s1. The number of hydrogen-bond donors (Lipinski definition) is 3. The Bertz CT molecular complexity index is 533. The quantitative estimate of drug-likeness (QED) is 0.259. The SMILES string of the molecule is COCC1O[C@@H](C)C(OC)[C@@H](O)[C@H]1O[C@@H]1OC(CN=[N+]=[N-])[C@H](O)[C@H](O)C1OC. The van der Waals surface area contributed by atoms with Gasteiger partial charge in [0.2, 0.25) is 0 Å². The lowest BCUT2D eigenvalue weighted by Gasteiger charge is -2.47. The fraction of sp³-hybridized carbons (Fsp3) is 1.00. The fourth-order valence-corrected chi connectivity index (χ4v) is 3.60. The summed E-state index contributed by atoms with van der Waals surface area (Å²) in [4.78, 5) is 2.63. The highest BCUT2D eigenvalue weighted by atomic mass is 16.7. The highest BCUT2D eigenvalue weighted by Gasteiger charge is 2.50. The van der Waals surface area contributed by atoms with Gasteiger partial charge in [0.25, 0.3) is 0 Å². The van der Waals surface area contributed by atoms with Crippen molar-refractivity contribution in [2.45, 2.75) is 68.1 Å². The van der Waals surface area contributed by atoms with Crippen LogP contribution in [0.4, 0.5) is 0 Å². The van der Waals surface area contributed by atoms with Gasteiger partial charge in [-0.3, -0.25) is 0 Å². The van der Waals surface area contributed by atoms with Crippen molar-refractivity contribution in [2.75, 3.05) is 34.5 Å². The first-order valence-corrected chi connectivity index (χ1v) is 8.95. The third-order valence-electron chi connectivity index (χ3n) is 5.03. The monoisotopic (exact) mass is 407 g/mol. The van der Waals surface area contributed by atoms with Gasteiger partial charge in [0, 0.05) is 26.2 Å². The molecule has 0 bridgehead atoms. The number of aliphatic hydroxyl groups excluding tert-OH is 3. The van der Waals surface area contributed by atoms with Gasteiger partial charge in [-0.25, -0.2) is 0 Å². The first-order chi connectivity index (χ1) is 13.4. The van der Waals surface area contributed by atoms with E-state index in [1.54, 1.807) is 6.92 Å². The second-order valence-electron chi connectivity index (χ2n) is 6.76. The molecule has 12 nitrogen and oxygen atoms in total. The van der Waals surface area contributed by atoms with E-state index in [-0.39, 0.29) is 13.2 Å². The number of azide groups is 1. The van der Waals surface area contributed by atoms with E-state index in [4.69, 9.17) is 34.0 Å². The zero-order valence-electron chi connectivity index (χ0n) is 16.3. The lowest BCUT2D eigenvalue weighted by atomic mass is 9.94. The van der Waals surface area contributed by atoms with E-state index in [1.165, 1.54) is 21.3 Å². The van der Waals surface area contributed by atoms with E-state index in [1.807, 2.05) is 0 Å². The Kier molecular flexibility index (Phi) is 8.83. The van der Waals surface area contributed by atoms with Gasteiger partial charge in [0.15, 0.2) is 6.29 Å². The molecule has 0 aromatic carbocycles. The van der Waals surface area contributed by atoms with Gasteiger partial charge < -0.3 is 43.7 Å². The van der Waals surface area contributed by atoms with Gasteiger partial charge in [-0.1, -0.05) is 5.11 Å². The van der Waals surface area contributed by atoms with Crippen molar-refractivity contribution in [1.29, 1.82) is 0 Å². The molecule has 0 amide bonds. The van der Waals surface area contributed by atoms with Crippen molar-refractivity contribution in [3.63, 3.8) is 0 Å². The Balaban J connectivity index is 2.22. The largest absolute Gasteiger partial charge is 0.388 e. The molecular weight excluding hydrogens is 378 g/mol. The number of aliphatic hydroxyl groups is 3. The molecule has 162 valence electrons. The van der Waals surface area contributed by atoms with Gasteiger partial charge in [0.05, 0.1) is 25.4 Å². The normalized spacial score (nSPS) is 44.1. The molecule has 0 radical (unpaired) electrons. The zero-order valence-corrected chi connectivity index (χ0v) is 16.3. The van der Waals surface area contributed by atoms with Crippen LogP contribution in [0.2, 0.25) is 0 Å². The van der Waals surface area contributed by atoms with E-state index < -0.39 is 61.2 Å². The average Bonchev–Trinajstić information content (AvgIpc) is 2.67. The van der Waals surface area contributed by atoms with Crippen LogP contribution in [0, 0.1) is 0 Å². The molecule has 2 heterocycles. The van der Waals surface area contributed by atoms with Crippen LogP contribution < -0.4 is 0 Å². The van der Waals surface area contributed by atoms with Crippen LogP contribution >= 0.6 is 0 Å². The summed E-state index contributed by atoms with van der Waals surface area (Å²) in [5.41, 5.74) is 8.51. The van der Waals surface area contributed by atoms with Gasteiger partial charge in [-0.05, 0) is 12.5 Å². The van der Waals surface area contributed by atoms with Crippen LogP contribution in [0.5, 0.6) is 0 Å². The second-order valence-corrected chi connectivity index (χ2v) is 6.76. The highest BCUT2D eigenvalue weighted by molar-refractivity contribution is 4.96. The zero-order chi connectivity index (χ0) is 20.8. The maximum absolute atomic E-state index is 10.8. The summed E-state index contributed by atoms with van der Waals surface area (Å²) in [6.45, 7) is 1.69. The van der Waals surface area contributed by atoms with Crippen LogP contribution in [-0.2, 0) is 28.4 Å². The number of hydrogen-bond acceptors (Lipinski definition) is 10. The smallest absolute Gasteiger partial charge is 0.187 e. The van der Waals surface area contributed by atoms with Gasteiger partial charge in [0.1, 0.15) is 42.7 Å². The van der Waals surface area contributed by atoms with E-state index in [2.05, 4.69) is 10.0 Å². The topological polar surface area (TPSA) is 165 Å². The third kappa shape index (κ3) is 4.92. The Morgan fingerprint density at radius 3 is 2.18 bits per heavy atom. The summed E-state index contributed by atoms with van der Waals surface area (Å²) >= 11 is 0. The van der Waals surface area contributed by atoms with Gasteiger partial charge >= 0.3 is 0 Å². The van der Waals surface area contributed by atoms with Crippen molar-refractivity contribution >= 4 is 0 Å². The predicted molar refractivity (Wildman–Crippen MR) is 93.4 cm³/mol. The maximum atomic E-state index is 10.8. The van der Waals surface area contributed by atoms with Crippen LogP contribution in [-0.4, -0.2) is 111 Å². The summed E-state index contributed by atoms with van der Waals surface area (Å²) in [6.07, 6.45) is -9.63. The minimum absolute atomic E-state index is 0.139. The van der Waals surface area contributed by atoms with Crippen molar-refractivity contribution in [2.24, 2.45) is 5.11 Å². The molecule has 2 fully saturated rings. The Hall–Kier alpha value is -1.05. The molecule has 3 N–H and O–H groups in total. The van der Waals surface area contributed by atoms with Crippen LogP contribution in [0.1, 0.15) is 6.92 Å². The van der Waals surface area contributed by atoms with Crippen molar-refractivity contribution in [1.82, 2.24) is 0 Å². The van der Waals surface area contributed by atoms with Gasteiger partial charge in [-0.15, -0.1) is 0 Å². The first-order valence-electron chi connectivity index (χ1n) is 8.95. The van der Waals surface area contributed by atoms with Crippen LogP contribution in [0.15, 0.2) is 5.11 Å². The first kappa shape index (κ1) is 23.2. The molecule has 0 aromatic heterocycles. The number of rotatable bonds is 8. The molecule has 0 spiro atoms. The summed E-state index contributed by atoms with van der Waals surface area (Å²) < 4.78 is 33.2. The molecule has 0 aliphatic carbocycles. The van der Waals surface area contributed by atoms with E-state index in [9.17, 15) is 15.3 Å². The predicted octanol–water partition coefficient (Wildman–Crippen LogP) is -1.05. The van der Waals surface area contributed by atoms with Crippen molar-refractivity contribution in [3.05, 3.63) is 10.4 Å². The maximum Gasteiger partial charge on any atom is 0.187 e. The average molecular weight is 407 g/mol. The Labute approximate surface area is 162 Å². The fourth-order valence-electron chi connectivity index (χ4n) is 3.60. The molecule has 2 aliphatic rings. The van der Waals surface area contributed by atoms with E-state index in [0.717, 1.165) is 0 Å². The number of ether oxygens (including phenoxy) is 6. The van der Waals surface area contributed by atoms with E-state index >= 15 is 0 Å². The summed E-state index contributed by atoms with van der Waals surface area (Å²) in [6, 6.07) is 0.